The number of nitrogens with zero attached hydrogens (tertiary/aromatic N) is 1. The Morgan fingerprint density at radius 1 is 1.18 bits per heavy atom. The Morgan fingerprint density at radius 2 is 1.88 bits per heavy atom. The molecule has 17 heavy (non-hydrogen) atoms. The molecule has 96 valence electrons. The van der Waals surface area contributed by atoms with Gasteiger partial charge in [0.25, 0.3) is 0 Å². The van der Waals surface area contributed by atoms with Crippen molar-refractivity contribution in [3.8, 4) is 0 Å². The van der Waals surface area contributed by atoms with E-state index in [0.29, 0.717) is 6.04 Å². The van der Waals surface area contributed by atoms with E-state index >= 15 is 0 Å². The Morgan fingerprint density at radius 3 is 2.47 bits per heavy atom. The Bertz CT molecular complexity index is 320. The molecule has 0 amide bonds. The average molecular weight is 234 g/mol. The first kappa shape index (κ1) is 13.9. The Kier molecular flexibility index (Phi) is 5.88. The Labute approximate surface area is 106 Å². The maximum absolute atomic E-state index is 3.67. The molecule has 2 nitrogen and oxygen atoms in total. The molecule has 0 heterocycles. The van der Waals surface area contributed by atoms with E-state index in [1.165, 1.54) is 37.1 Å². The van der Waals surface area contributed by atoms with Crippen LogP contribution in [0.4, 0.5) is 11.4 Å². The first-order valence-corrected chi connectivity index (χ1v) is 6.71. The number of unbranched alkanes of at least 4 members (excludes halogenated alkanes) is 1. The van der Waals surface area contributed by atoms with Crippen molar-refractivity contribution >= 4 is 11.4 Å². The van der Waals surface area contributed by atoms with Crippen LogP contribution in [0.2, 0.25) is 0 Å². The van der Waals surface area contributed by atoms with Gasteiger partial charge in [-0.3, -0.25) is 0 Å². The fourth-order valence-corrected chi connectivity index (χ4v) is 2.03. The standard InChI is InChI=1S/C15H26N2/c1-5-7-10-13(6-2)16-14-11-8-9-12-15(14)17(3)4/h8-9,11-13,16H,5-7,10H2,1-4H3. The molecule has 1 rings (SSSR count). The van der Waals surface area contributed by atoms with Crippen molar-refractivity contribution < 1.29 is 0 Å². The van der Waals surface area contributed by atoms with Crippen molar-refractivity contribution in [3.05, 3.63) is 24.3 Å². The Balaban J connectivity index is 2.71. The normalized spacial score (nSPS) is 12.2. The van der Waals surface area contributed by atoms with Crippen LogP contribution in [0.15, 0.2) is 24.3 Å². The summed E-state index contributed by atoms with van der Waals surface area (Å²) in [4.78, 5) is 2.16. The minimum absolute atomic E-state index is 0.594. The monoisotopic (exact) mass is 234 g/mol. The molecule has 1 unspecified atom stereocenters. The second-order valence-electron chi connectivity index (χ2n) is 4.80. The fourth-order valence-electron chi connectivity index (χ4n) is 2.03. The highest BCUT2D eigenvalue weighted by molar-refractivity contribution is 5.69. The molecule has 0 bridgehead atoms. The first-order valence-electron chi connectivity index (χ1n) is 6.71. The van der Waals surface area contributed by atoms with E-state index in [-0.39, 0.29) is 0 Å². The van der Waals surface area contributed by atoms with Gasteiger partial charge in [0.15, 0.2) is 0 Å². The molecular formula is C15H26N2. The molecule has 0 fully saturated rings. The summed E-state index contributed by atoms with van der Waals surface area (Å²) in [6.07, 6.45) is 5.01. The zero-order chi connectivity index (χ0) is 12.7. The van der Waals surface area contributed by atoms with Crippen LogP contribution in [0.5, 0.6) is 0 Å². The van der Waals surface area contributed by atoms with Crippen molar-refractivity contribution in [2.24, 2.45) is 0 Å². The van der Waals surface area contributed by atoms with Crippen molar-refractivity contribution in [3.63, 3.8) is 0 Å². The second-order valence-corrected chi connectivity index (χ2v) is 4.80. The van der Waals surface area contributed by atoms with Gasteiger partial charge in [-0.1, -0.05) is 38.8 Å². The third-order valence-electron chi connectivity index (χ3n) is 3.14. The molecule has 1 N–H and O–H groups in total. The largest absolute Gasteiger partial charge is 0.381 e. The molecule has 0 radical (unpaired) electrons. The van der Waals surface area contributed by atoms with Gasteiger partial charge in [-0.05, 0) is 25.0 Å². The zero-order valence-corrected chi connectivity index (χ0v) is 11.7. The third-order valence-corrected chi connectivity index (χ3v) is 3.14. The zero-order valence-electron chi connectivity index (χ0n) is 11.7. The van der Waals surface area contributed by atoms with E-state index in [1.54, 1.807) is 0 Å². The maximum Gasteiger partial charge on any atom is 0.0596 e. The number of hydrogen-bond acceptors (Lipinski definition) is 2. The van der Waals surface area contributed by atoms with Crippen molar-refractivity contribution in [2.45, 2.75) is 45.6 Å². The van der Waals surface area contributed by atoms with Crippen LogP contribution in [0, 0.1) is 0 Å². The van der Waals surface area contributed by atoms with Gasteiger partial charge in [-0.25, -0.2) is 0 Å². The quantitative estimate of drug-likeness (QED) is 0.763. The van der Waals surface area contributed by atoms with Gasteiger partial charge >= 0.3 is 0 Å². The van der Waals surface area contributed by atoms with E-state index in [1.807, 2.05) is 0 Å². The molecule has 0 saturated carbocycles. The van der Waals surface area contributed by atoms with Gasteiger partial charge in [0.1, 0.15) is 0 Å². The molecule has 0 aliphatic heterocycles. The van der Waals surface area contributed by atoms with E-state index in [2.05, 4.69) is 62.4 Å². The highest BCUT2D eigenvalue weighted by atomic mass is 15.1. The van der Waals surface area contributed by atoms with Crippen LogP contribution in [-0.4, -0.2) is 20.1 Å². The van der Waals surface area contributed by atoms with E-state index in [9.17, 15) is 0 Å². The van der Waals surface area contributed by atoms with Crippen LogP contribution in [0.25, 0.3) is 0 Å². The molecule has 1 atom stereocenters. The van der Waals surface area contributed by atoms with Crippen molar-refractivity contribution in [2.75, 3.05) is 24.3 Å². The number of anilines is 2. The lowest BCUT2D eigenvalue weighted by Gasteiger charge is -2.23. The summed E-state index contributed by atoms with van der Waals surface area (Å²) in [5, 5.41) is 3.67. The summed E-state index contributed by atoms with van der Waals surface area (Å²) in [5.74, 6) is 0. The van der Waals surface area contributed by atoms with Gasteiger partial charge in [0.2, 0.25) is 0 Å². The molecule has 0 aliphatic carbocycles. The van der Waals surface area contributed by atoms with Gasteiger partial charge in [0.05, 0.1) is 11.4 Å². The van der Waals surface area contributed by atoms with Gasteiger partial charge in [-0.2, -0.15) is 0 Å². The molecule has 0 saturated heterocycles. The highest BCUT2D eigenvalue weighted by Crippen LogP contribution is 2.25. The Hall–Kier alpha value is -1.18. The fraction of sp³-hybridized carbons (Fsp3) is 0.600. The second kappa shape index (κ2) is 7.21. The van der Waals surface area contributed by atoms with E-state index in [0.717, 1.165) is 0 Å². The molecule has 1 aromatic rings. The van der Waals surface area contributed by atoms with Gasteiger partial charge in [-0.15, -0.1) is 0 Å². The molecular weight excluding hydrogens is 208 g/mol. The molecule has 0 aliphatic rings. The van der Waals surface area contributed by atoms with Crippen LogP contribution in [0.3, 0.4) is 0 Å². The summed E-state index contributed by atoms with van der Waals surface area (Å²) in [6, 6.07) is 9.12. The van der Waals surface area contributed by atoms with E-state index in [4.69, 9.17) is 0 Å². The smallest absolute Gasteiger partial charge is 0.0596 e. The number of hydrogen-bond donors (Lipinski definition) is 1. The summed E-state index contributed by atoms with van der Waals surface area (Å²) >= 11 is 0. The highest BCUT2D eigenvalue weighted by Gasteiger charge is 2.09. The SMILES string of the molecule is CCCCC(CC)Nc1ccccc1N(C)C. The topological polar surface area (TPSA) is 15.3 Å². The molecule has 0 spiro atoms. The number of nitrogens with one attached hydrogen (secondary N) is 1. The molecule has 2 heteroatoms. The summed E-state index contributed by atoms with van der Waals surface area (Å²) in [7, 11) is 4.18. The predicted octanol–water partition coefficient (Wildman–Crippen LogP) is 4.13. The van der Waals surface area contributed by atoms with Gasteiger partial charge < -0.3 is 10.2 Å². The summed E-state index contributed by atoms with van der Waals surface area (Å²) < 4.78 is 0. The summed E-state index contributed by atoms with van der Waals surface area (Å²) in [5.41, 5.74) is 2.52. The minimum Gasteiger partial charge on any atom is -0.381 e. The molecule has 0 aromatic heterocycles. The van der Waals surface area contributed by atoms with Crippen LogP contribution >= 0.6 is 0 Å². The van der Waals surface area contributed by atoms with Crippen molar-refractivity contribution in [1.82, 2.24) is 0 Å². The lowest BCUT2D eigenvalue weighted by Crippen LogP contribution is -2.20. The lowest BCUT2D eigenvalue weighted by atomic mass is 10.1. The number of rotatable bonds is 7. The van der Waals surface area contributed by atoms with Crippen molar-refractivity contribution in [1.29, 1.82) is 0 Å². The van der Waals surface area contributed by atoms with Crippen LogP contribution in [0.1, 0.15) is 39.5 Å². The van der Waals surface area contributed by atoms with Crippen LogP contribution in [-0.2, 0) is 0 Å². The number of benzene rings is 1. The molecule has 1 aromatic carbocycles. The summed E-state index contributed by atoms with van der Waals surface area (Å²) in [6.45, 7) is 4.51. The van der Waals surface area contributed by atoms with Crippen LogP contribution < -0.4 is 10.2 Å². The third kappa shape index (κ3) is 4.29. The minimum atomic E-state index is 0.594. The van der Waals surface area contributed by atoms with Gasteiger partial charge in [0, 0.05) is 20.1 Å². The maximum atomic E-state index is 3.67. The first-order chi connectivity index (χ1) is 8.19. The average Bonchev–Trinajstić information content (AvgIpc) is 2.34. The van der Waals surface area contributed by atoms with E-state index < -0.39 is 0 Å². The predicted molar refractivity (Wildman–Crippen MR) is 78.0 cm³/mol. The lowest BCUT2D eigenvalue weighted by molar-refractivity contribution is 0.593. The number of para-hydroxylation sites is 2.